The van der Waals surface area contributed by atoms with E-state index in [1.54, 1.807) is 6.07 Å². The number of aldehydes is 1. The molecule has 0 aliphatic carbocycles. The van der Waals surface area contributed by atoms with E-state index in [1.165, 1.54) is 18.2 Å². The highest BCUT2D eigenvalue weighted by atomic mass is 79.9. The van der Waals surface area contributed by atoms with Crippen LogP contribution in [0.25, 0.3) is 0 Å². The Hall–Kier alpha value is -0.840. The molecule has 5 heteroatoms. The molecule has 0 aliphatic rings. The zero-order valence-electron chi connectivity index (χ0n) is 6.88. The van der Waals surface area contributed by atoms with Gasteiger partial charge in [-0.15, -0.1) is 0 Å². The molecule has 0 saturated carbocycles. The van der Waals surface area contributed by atoms with E-state index in [2.05, 4.69) is 15.9 Å². The number of carbonyl (C=O) groups is 1. The lowest BCUT2D eigenvalue weighted by Crippen LogP contribution is -2.21. The molecular formula is C9H6BrF3O. The van der Waals surface area contributed by atoms with Crippen LogP contribution in [0.15, 0.2) is 28.7 Å². The number of rotatable bonds is 2. The molecule has 1 atom stereocenters. The smallest absolute Gasteiger partial charge is 0.302 e. The molecule has 0 aliphatic heterocycles. The Labute approximate surface area is 87.1 Å². The Morgan fingerprint density at radius 3 is 2.43 bits per heavy atom. The van der Waals surface area contributed by atoms with Crippen molar-refractivity contribution in [2.75, 3.05) is 0 Å². The topological polar surface area (TPSA) is 17.1 Å². The molecule has 0 aromatic heterocycles. The predicted octanol–water partition coefficient (Wildman–Crippen LogP) is 3.29. The quantitative estimate of drug-likeness (QED) is 0.751. The summed E-state index contributed by atoms with van der Waals surface area (Å²) in [5, 5.41) is 0. The Morgan fingerprint density at radius 2 is 2.00 bits per heavy atom. The van der Waals surface area contributed by atoms with E-state index in [9.17, 15) is 18.0 Å². The highest BCUT2D eigenvalue weighted by Crippen LogP contribution is 2.33. The number of hydrogen-bond donors (Lipinski definition) is 0. The molecule has 0 bridgehead atoms. The molecule has 1 rings (SSSR count). The lowest BCUT2D eigenvalue weighted by molar-refractivity contribution is -0.155. The minimum atomic E-state index is -4.53. The van der Waals surface area contributed by atoms with Crippen LogP contribution in [0.2, 0.25) is 0 Å². The standard InChI is InChI=1S/C9H6BrF3O/c10-7-3-1-2-6(4-7)8(5-14)9(11,12)13/h1-5,8H. The predicted molar refractivity (Wildman–Crippen MR) is 49.0 cm³/mol. The highest BCUT2D eigenvalue weighted by molar-refractivity contribution is 9.10. The molecule has 0 saturated heterocycles. The van der Waals surface area contributed by atoms with Crippen LogP contribution in [0.5, 0.6) is 0 Å². The second-order valence-electron chi connectivity index (χ2n) is 2.71. The maximum absolute atomic E-state index is 12.3. The van der Waals surface area contributed by atoms with Crippen LogP contribution in [0.1, 0.15) is 11.5 Å². The Kier molecular flexibility index (Phi) is 3.31. The lowest BCUT2D eigenvalue weighted by Gasteiger charge is -2.14. The summed E-state index contributed by atoms with van der Waals surface area (Å²) in [6.45, 7) is 0. The van der Waals surface area contributed by atoms with Crippen LogP contribution in [-0.4, -0.2) is 12.5 Å². The van der Waals surface area contributed by atoms with Gasteiger partial charge in [-0.2, -0.15) is 13.2 Å². The van der Waals surface area contributed by atoms with Crippen LogP contribution in [0.3, 0.4) is 0 Å². The van der Waals surface area contributed by atoms with Gasteiger partial charge in [0.2, 0.25) is 0 Å². The van der Waals surface area contributed by atoms with Crippen molar-refractivity contribution in [3.8, 4) is 0 Å². The third-order valence-electron chi connectivity index (χ3n) is 1.70. The van der Waals surface area contributed by atoms with E-state index in [1.807, 2.05) is 0 Å². The third-order valence-corrected chi connectivity index (χ3v) is 2.19. The Bertz CT molecular complexity index is 335. The zero-order valence-corrected chi connectivity index (χ0v) is 8.47. The molecule has 0 spiro atoms. The molecule has 1 nitrogen and oxygen atoms in total. The van der Waals surface area contributed by atoms with Gasteiger partial charge in [-0.05, 0) is 17.7 Å². The van der Waals surface area contributed by atoms with Crippen molar-refractivity contribution in [1.29, 1.82) is 0 Å². The van der Waals surface area contributed by atoms with Crippen LogP contribution in [0.4, 0.5) is 13.2 Å². The van der Waals surface area contributed by atoms with E-state index in [0.717, 1.165) is 0 Å². The maximum atomic E-state index is 12.3. The summed E-state index contributed by atoms with van der Waals surface area (Å²) in [5.41, 5.74) is -0.0538. The van der Waals surface area contributed by atoms with Crippen molar-refractivity contribution < 1.29 is 18.0 Å². The molecule has 1 aromatic rings. The first kappa shape index (κ1) is 11.2. The number of alkyl halides is 3. The van der Waals surface area contributed by atoms with Gasteiger partial charge in [0.05, 0.1) is 0 Å². The van der Waals surface area contributed by atoms with E-state index < -0.39 is 12.1 Å². The average molecular weight is 267 g/mol. The molecule has 0 amide bonds. The number of hydrogen-bond acceptors (Lipinski definition) is 1. The molecule has 0 radical (unpaired) electrons. The number of carbonyl (C=O) groups excluding carboxylic acids is 1. The lowest BCUT2D eigenvalue weighted by atomic mass is 10.0. The van der Waals surface area contributed by atoms with Gasteiger partial charge in [0.25, 0.3) is 0 Å². The SMILES string of the molecule is O=CC(c1cccc(Br)c1)C(F)(F)F. The van der Waals surface area contributed by atoms with E-state index in [4.69, 9.17) is 0 Å². The summed E-state index contributed by atoms with van der Waals surface area (Å²) in [7, 11) is 0. The fraction of sp³-hybridized carbons (Fsp3) is 0.222. The summed E-state index contributed by atoms with van der Waals surface area (Å²) >= 11 is 3.04. The van der Waals surface area contributed by atoms with E-state index in [-0.39, 0.29) is 11.8 Å². The van der Waals surface area contributed by atoms with Crippen molar-refractivity contribution in [3.63, 3.8) is 0 Å². The molecule has 0 heterocycles. The zero-order chi connectivity index (χ0) is 10.8. The third kappa shape index (κ3) is 2.57. The van der Waals surface area contributed by atoms with E-state index >= 15 is 0 Å². The summed E-state index contributed by atoms with van der Waals surface area (Å²) in [4.78, 5) is 10.3. The van der Waals surface area contributed by atoms with Crippen molar-refractivity contribution in [2.24, 2.45) is 0 Å². The molecule has 14 heavy (non-hydrogen) atoms. The van der Waals surface area contributed by atoms with Gasteiger partial charge >= 0.3 is 6.18 Å². The van der Waals surface area contributed by atoms with Gasteiger partial charge in [-0.25, -0.2) is 0 Å². The second-order valence-corrected chi connectivity index (χ2v) is 3.63. The second kappa shape index (κ2) is 4.13. The van der Waals surface area contributed by atoms with Crippen LogP contribution in [-0.2, 0) is 4.79 Å². The molecular weight excluding hydrogens is 261 g/mol. The van der Waals surface area contributed by atoms with Crippen LogP contribution in [0, 0.1) is 0 Å². The molecule has 1 aromatic carbocycles. The first-order valence-corrected chi connectivity index (χ1v) is 4.52. The number of benzene rings is 1. The van der Waals surface area contributed by atoms with Crippen LogP contribution >= 0.6 is 15.9 Å². The van der Waals surface area contributed by atoms with Gasteiger partial charge in [-0.1, -0.05) is 28.1 Å². The van der Waals surface area contributed by atoms with Crippen molar-refractivity contribution in [1.82, 2.24) is 0 Å². The summed E-state index contributed by atoms with van der Waals surface area (Å²) < 4.78 is 37.4. The van der Waals surface area contributed by atoms with Gasteiger partial charge in [0.15, 0.2) is 0 Å². The first-order valence-electron chi connectivity index (χ1n) is 3.72. The van der Waals surface area contributed by atoms with Crippen molar-refractivity contribution in [3.05, 3.63) is 34.3 Å². The van der Waals surface area contributed by atoms with Gasteiger partial charge in [0.1, 0.15) is 12.2 Å². The molecule has 0 N–H and O–H groups in total. The molecule has 0 fully saturated rings. The normalized spacial score (nSPS) is 13.7. The summed E-state index contributed by atoms with van der Waals surface area (Å²) in [5.74, 6) is -2.04. The Morgan fingerprint density at radius 1 is 1.36 bits per heavy atom. The summed E-state index contributed by atoms with van der Waals surface area (Å²) in [6, 6.07) is 5.62. The molecule has 76 valence electrons. The monoisotopic (exact) mass is 266 g/mol. The van der Waals surface area contributed by atoms with Gasteiger partial charge < -0.3 is 4.79 Å². The van der Waals surface area contributed by atoms with Crippen LogP contribution < -0.4 is 0 Å². The van der Waals surface area contributed by atoms with Gasteiger partial charge in [-0.3, -0.25) is 0 Å². The first-order chi connectivity index (χ1) is 6.45. The maximum Gasteiger partial charge on any atom is 0.402 e. The average Bonchev–Trinajstić information content (AvgIpc) is 2.02. The molecule has 1 unspecified atom stereocenters. The fourth-order valence-electron chi connectivity index (χ4n) is 1.04. The largest absolute Gasteiger partial charge is 0.402 e. The minimum Gasteiger partial charge on any atom is -0.302 e. The van der Waals surface area contributed by atoms with Crippen molar-refractivity contribution >= 4 is 22.2 Å². The number of halogens is 4. The van der Waals surface area contributed by atoms with E-state index in [0.29, 0.717) is 4.47 Å². The summed E-state index contributed by atoms with van der Waals surface area (Å²) in [6.07, 6.45) is -4.62. The minimum absolute atomic E-state index is 0.0538. The van der Waals surface area contributed by atoms with Crippen molar-refractivity contribution in [2.45, 2.75) is 12.1 Å². The Balaban J connectivity index is 3.07. The fourth-order valence-corrected chi connectivity index (χ4v) is 1.46. The highest BCUT2D eigenvalue weighted by Gasteiger charge is 2.40. The van der Waals surface area contributed by atoms with Gasteiger partial charge in [0, 0.05) is 4.47 Å².